The summed E-state index contributed by atoms with van der Waals surface area (Å²) in [5.74, 6) is -0.517. The van der Waals surface area contributed by atoms with E-state index in [0.29, 0.717) is 0 Å². The highest BCUT2D eigenvalue weighted by atomic mass is 35.5. The van der Waals surface area contributed by atoms with Crippen LogP contribution in [-0.2, 0) is 11.1 Å². The number of hydrogen-bond acceptors (Lipinski definition) is 3. The number of phenols is 1. The van der Waals surface area contributed by atoms with Gasteiger partial charge in [0.05, 0.1) is 16.8 Å². The van der Waals surface area contributed by atoms with E-state index in [0.717, 1.165) is 18.4 Å². The van der Waals surface area contributed by atoms with Crippen molar-refractivity contribution >= 4 is 34.4 Å². The first-order valence-corrected chi connectivity index (χ1v) is 7.75. The SMILES string of the molecule is CC1=CCC[C@H]1NC(=O)Nc1ccc(Cl)c(S(=O)O)c1O. The maximum absolute atomic E-state index is 11.9. The summed E-state index contributed by atoms with van der Waals surface area (Å²) in [6.45, 7) is 1.94. The number of aromatic hydroxyl groups is 1. The van der Waals surface area contributed by atoms with Crippen molar-refractivity contribution in [1.29, 1.82) is 0 Å². The second-order valence-corrected chi connectivity index (χ2v) is 6.01. The van der Waals surface area contributed by atoms with Crippen LogP contribution in [0.5, 0.6) is 5.75 Å². The summed E-state index contributed by atoms with van der Waals surface area (Å²) in [6, 6.07) is 2.17. The average Bonchev–Trinajstić information content (AvgIpc) is 2.78. The summed E-state index contributed by atoms with van der Waals surface area (Å²) < 4.78 is 20.2. The third kappa shape index (κ3) is 3.55. The van der Waals surface area contributed by atoms with E-state index >= 15 is 0 Å². The van der Waals surface area contributed by atoms with Gasteiger partial charge in [0, 0.05) is 0 Å². The van der Waals surface area contributed by atoms with Gasteiger partial charge in [-0.25, -0.2) is 9.00 Å². The molecule has 4 N–H and O–H groups in total. The Morgan fingerprint density at radius 3 is 2.76 bits per heavy atom. The lowest BCUT2D eigenvalue weighted by Gasteiger charge is -2.16. The highest BCUT2D eigenvalue weighted by Crippen LogP contribution is 2.35. The fourth-order valence-corrected chi connectivity index (χ4v) is 3.02. The number of nitrogens with one attached hydrogen (secondary N) is 2. The molecule has 2 atom stereocenters. The molecule has 0 radical (unpaired) electrons. The van der Waals surface area contributed by atoms with E-state index in [9.17, 15) is 14.1 Å². The predicted octanol–water partition coefficient (Wildman–Crippen LogP) is 2.86. The molecule has 0 heterocycles. The van der Waals surface area contributed by atoms with Crippen LogP contribution >= 0.6 is 11.6 Å². The molecule has 1 aliphatic carbocycles. The van der Waals surface area contributed by atoms with Crippen LogP contribution in [0.4, 0.5) is 10.5 Å². The van der Waals surface area contributed by atoms with Crippen molar-refractivity contribution in [3.05, 3.63) is 28.8 Å². The molecular weight excluding hydrogens is 316 g/mol. The molecule has 1 unspecified atom stereocenters. The second kappa shape index (κ2) is 6.46. The van der Waals surface area contributed by atoms with Gasteiger partial charge < -0.3 is 20.3 Å². The van der Waals surface area contributed by atoms with Gasteiger partial charge >= 0.3 is 6.03 Å². The molecule has 2 rings (SSSR count). The van der Waals surface area contributed by atoms with Gasteiger partial charge in [0.15, 0.2) is 16.8 Å². The van der Waals surface area contributed by atoms with E-state index in [4.69, 9.17) is 16.2 Å². The van der Waals surface area contributed by atoms with Gasteiger partial charge in [0.25, 0.3) is 0 Å². The van der Waals surface area contributed by atoms with E-state index in [2.05, 4.69) is 16.7 Å². The summed E-state index contributed by atoms with van der Waals surface area (Å²) >= 11 is 3.29. The molecule has 0 bridgehead atoms. The zero-order valence-electron chi connectivity index (χ0n) is 11.2. The summed E-state index contributed by atoms with van der Waals surface area (Å²) in [5, 5.41) is 15.1. The number of carbonyl (C=O) groups excluding carboxylic acids is 1. The second-order valence-electron chi connectivity index (χ2n) is 4.70. The van der Waals surface area contributed by atoms with E-state index in [1.165, 1.54) is 12.1 Å². The summed E-state index contributed by atoms with van der Waals surface area (Å²) in [5.41, 5.74) is 1.11. The third-order valence-corrected chi connectivity index (χ3v) is 4.47. The number of urea groups is 1. The van der Waals surface area contributed by atoms with Crippen molar-refractivity contribution in [2.45, 2.75) is 30.7 Å². The van der Waals surface area contributed by atoms with Gasteiger partial charge in [0.2, 0.25) is 0 Å². The molecular formula is C13H15ClN2O4S. The monoisotopic (exact) mass is 330 g/mol. The van der Waals surface area contributed by atoms with E-state index in [1.54, 1.807) is 0 Å². The largest absolute Gasteiger partial charge is 0.504 e. The summed E-state index contributed by atoms with van der Waals surface area (Å²) in [7, 11) is 0. The van der Waals surface area contributed by atoms with Crippen LogP contribution in [-0.4, -0.2) is 25.9 Å². The lowest BCUT2D eigenvalue weighted by atomic mass is 10.2. The van der Waals surface area contributed by atoms with Crippen molar-refractivity contribution in [1.82, 2.24) is 5.32 Å². The molecule has 2 amide bonds. The molecule has 1 aromatic rings. The van der Waals surface area contributed by atoms with Crippen LogP contribution in [0.1, 0.15) is 19.8 Å². The molecule has 6 nitrogen and oxygen atoms in total. The topological polar surface area (TPSA) is 98.7 Å². The number of hydrogen-bond donors (Lipinski definition) is 4. The van der Waals surface area contributed by atoms with Crippen LogP contribution in [0, 0.1) is 0 Å². The van der Waals surface area contributed by atoms with Gasteiger partial charge in [-0.2, -0.15) is 0 Å². The van der Waals surface area contributed by atoms with Crippen LogP contribution < -0.4 is 10.6 Å². The van der Waals surface area contributed by atoms with Gasteiger partial charge in [-0.3, -0.25) is 0 Å². The van der Waals surface area contributed by atoms with Gasteiger partial charge in [0.1, 0.15) is 4.90 Å². The van der Waals surface area contributed by atoms with Crippen LogP contribution in [0.15, 0.2) is 28.7 Å². The van der Waals surface area contributed by atoms with E-state index in [-0.39, 0.29) is 21.6 Å². The minimum absolute atomic E-state index is 0.0222. The number of halogens is 1. The Labute approximate surface area is 129 Å². The first-order valence-electron chi connectivity index (χ1n) is 6.26. The number of allylic oxidation sites excluding steroid dienone is 1. The molecule has 1 aliphatic rings. The lowest BCUT2D eigenvalue weighted by molar-refractivity contribution is 0.249. The van der Waals surface area contributed by atoms with E-state index < -0.39 is 22.9 Å². The number of carbonyl (C=O) groups is 1. The lowest BCUT2D eigenvalue weighted by Crippen LogP contribution is -2.37. The van der Waals surface area contributed by atoms with Crippen molar-refractivity contribution in [3.63, 3.8) is 0 Å². The fourth-order valence-electron chi connectivity index (χ4n) is 2.16. The Bertz CT molecular complexity index is 633. The number of phenolic OH excluding ortho intramolecular Hbond substituents is 1. The van der Waals surface area contributed by atoms with Crippen molar-refractivity contribution < 1.29 is 18.7 Å². The molecule has 114 valence electrons. The predicted molar refractivity (Wildman–Crippen MR) is 81.1 cm³/mol. The Hall–Kier alpha value is -1.57. The molecule has 0 fully saturated rings. The Morgan fingerprint density at radius 2 is 2.19 bits per heavy atom. The first-order chi connectivity index (χ1) is 9.90. The Kier molecular flexibility index (Phi) is 4.87. The maximum Gasteiger partial charge on any atom is 0.319 e. The number of anilines is 1. The summed E-state index contributed by atoms with van der Waals surface area (Å²) in [4.78, 5) is 11.6. The molecule has 1 aromatic carbocycles. The molecule has 0 spiro atoms. The maximum atomic E-state index is 11.9. The third-order valence-electron chi connectivity index (χ3n) is 3.28. The molecule has 0 aromatic heterocycles. The zero-order chi connectivity index (χ0) is 15.6. The smallest absolute Gasteiger partial charge is 0.319 e. The zero-order valence-corrected chi connectivity index (χ0v) is 12.8. The summed E-state index contributed by atoms with van der Waals surface area (Å²) in [6.07, 6.45) is 3.80. The van der Waals surface area contributed by atoms with Crippen molar-refractivity contribution in [2.75, 3.05) is 5.32 Å². The molecule has 0 saturated carbocycles. The first kappa shape index (κ1) is 15.8. The molecule has 0 saturated heterocycles. The Morgan fingerprint density at radius 1 is 1.48 bits per heavy atom. The highest BCUT2D eigenvalue weighted by Gasteiger charge is 2.20. The Balaban J connectivity index is 2.13. The number of rotatable bonds is 3. The van der Waals surface area contributed by atoms with Gasteiger partial charge in [-0.15, -0.1) is 0 Å². The van der Waals surface area contributed by atoms with Crippen LogP contribution in [0.2, 0.25) is 5.02 Å². The quantitative estimate of drug-likeness (QED) is 0.389. The van der Waals surface area contributed by atoms with Crippen LogP contribution in [0.3, 0.4) is 0 Å². The van der Waals surface area contributed by atoms with E-state index in [1.807, 2.05) is 6.92 Å². The normalized spacial score (nSPS) is 19.0. The molecule has 0 aliphatic heterocycles. The minimum atomic E-state index is -2.45. The standard InChI is InChI=1S/C13H15ClN2O4S/c1-7-3-2-4-9(7)15-13(18)16-10-6-5-8(14)12(11(10)17)21(19)20/h3,5-6,9,17H,2,4H2,1H3,(H,19,20)(H2,15,16,18)/t9-/m1/s1. The van der Waals surface area contributed by atoms with Crippen molar-refractivity contribution in [2.24, 2.45) is 0 Å². The average molecular weight is 331 g/mol. The fraction of sp³-hybridized carbons (Fsp3) is 0.308. The molecule has 21 heavy (non-hydrogen) atoms. The van der Waals surface area contributed by atoms with Gasteiger partial charge in [-0.05, 0) is 31.9 Å². The number of benzene rings is 1. The van der Waals surface area contributed by atoms with Gasteiger partial charge in [-0.1, -0.05) is 23.3 Å². The number of amides is 2. The highest BCUT2D eigenvalue weighted by molar-refractivity contribution is 7.79. The van der Waals surface area contributed by atoms with Crippen LogP contribution in [0.25, 0.3) is 0 Å². The molecule has 8 heteroatoms. The minimum Gasteiger partial charge on any atom is -0.504 e. The van der Waals surface area contributed by atoms with Crippen molar-refractivity contribution in [3.8, 4) is 5.75 Å².